The van der Waals surface area contributed by atoms with E-state index in [-0.39, 0.29) is 17.4 Å². The van der Waals surface area contributed by atoms with Crippen LogP contribution in [0.5, 0.6) is 0 Å². The van der Waals surface area contributed by atoms with E-state index in [9.17, 15) is 0 Å². The average Bonchev–Trinajstić information content (AvgIpc) is 0.811. The maximum Gasteiger partial charge on any atom is 0.631 e. The Morgan fingerprint density at radius 2 is 1.00 bits per heavy atom. The largest absolute Gasteiger partial charge is 0.631 e. The molecule has 0 atom stereocenters. The number of rotatable bonds is 0. The van der Waals surface area contributed by atoms with E-state index in [1.54, 1.807) is 0 Å². The molecule has 3 N–H and O–H groups in total. The van der Waals surface area contributed by atoms with Crippen LogP contribution in [0.2, 0.25) is 0 Å². The molecule has 0 heterocycles. The molecular formula is H3AlBO3. The molecule has 0 saturated heterocycles. The summed E-state index contributed by atoms with van der Waals surface area (Å²) in [6.45, 7) is 0. The molecule has 5 heteroatoms. The quantitative estimate of drug-likeness (QED) is 0.289. The van der Waals surface area contributed by atoms with Crippen LogP contribution in [-0.4, -0.2) is 39.8 Å². The van der Waals surface area contributed by atoms with Crippen LogP contribution in [0.25, 0.3) is 0 Å². The zero-order valence-corrected chi connectivity index (χ0v) is 3.65. The lowest BCUT2D eigenvalue weighted by Crippen LogP contribution is -2.07. The highest BCUT2D eigenvalue weighted by atomic mass is 27.0. The van der Waals surface area contributed by atoms with E-state index in [1.807, 2.05) is 0 Å². The minimum Gasteiger partial charge on any atom is -0.402 e. The minimum absolute atomic E-state index is 0. The fraction of sp³-hybridized carbons (Fsp3) is 0. The molecule has 27 valence electrons. The Kier molecular flexibility index (Phi) is 8.13. The zero-order chi connectivity index (χ0) is 3.58. The monoisotopic (exact) mass is 89.0 g/mol. The van der Waals surface area contributed by atoms with Gasteiger partial charge in [0.05, 0.1) is 0 Å². The molecule has 0 unspecified atom stereocenters. The van der Waals surface area contributed by atoms with Crippen molar-refractivity contribution in [3.63, 3.8) is 0 Å². The maximum absolute atomic E-state index is 7.17. The summed E-state index contributed by atoms with van der Waals surface area (Å²) in [6, 6.07) is 0. The van der Waals surface area contributed by atoms with Gasteiger partial charge in [-0.25, -0.2) is 0 Å². The van der Waals surface area contributed by atoms with Crippen molar-refractivity contribution in [3.05, 3.63) is 0 Å². The molecule has 0 rings (SSSR count). The molecule has 5 heavy (non-hydrogen) atoms. The Bertz CT molecular complexity index is 11.6. The molecule has 0 aliphatic carbocycles. The SMILES string of the molecule is OB(O)O.[Al]. The van der Waals surface area contributed by atoms with Gasteiger partial charge in [-0.15, -0.1) is 0 Å². The smallest absolute Gasteiger partial charge is 0.402 e. The standard InChI is InChI=1S/Al.BH3O3/c;2-1(3)4/h;2-4H. The van der Waals surface area contributed by atoms with E-state index in [4.69, 9.17) is 15.1 Å². The average molecular weight is 88.8 g/mol. The third kappa shape index (κ3) is 121. The molecule has 3 nitrogen and oxygen atoms in total. The van der Waals surface area contributed by atoms with Crippen LogP contribution in [-0.2, 0) is 0 Å². The molecule has 0 spiro atoms. The minimum atomic E-state index is -2.17. The van der Waals surface area contributed by atoms with Gasteiger partial charge in [-0.3, -0.25) is 0 Å². The predicted octanol–water partition coefficient (Wildman–Crippen LogP) is -2.43. The van der Waals surface area contributed by atoms with Gasteiger partial charge in [-0.1, -0.05) is 0 Å². The second kappa shape index (κ2) is 4.48. The topological polar surface area (TPSA) is 60.7 Å². The molecule has 0 aliphatic heterocycles. The van der Waals surface area contributed by atoms with Crippen LogP contribution in [0.15, 0.2) is 0 Å². The van der Waals surface area contributed by atoms with Gasteiger partial charge in [-0.2, -0.15) is 0 Å². The molecule has 0 aromatic heterocycles. The first kappa shape index (κ1) is 9.08. The molecule has 0 aromatic carbocycles. The molecule has 0 aliphatic rings. The van der Waals surface area contributed by atoms with Gasteiger partial charge in [0, 0.05) is 17.4 Å². The van der Waals surface area contributed by atoms with Crippen LogP contribution < -0.4 is 0 Å². The molecular weight excluding hydrogens is 85.8 g/mol. The van der Waals surface area contributed by atoms with Crippen molar-refractivity contribution in [2.75, 3.05) is 0 Å². The van der Waals surface area contributed by atoms with Gasteiger partial charge in [0.15, 0.2) is 0 Å². The van der Waals surface area contributed by atoms with Crippen molar-refractivity contribution in [1.82, 2.24) is 0 Å². The van der Waals surface area contributed by atoms with Gasteiger partial charge in [0.1, 0.15) is 0 Å². The second-order valence-corrected chi connectivity index (χ2v) is 0.346. The highest BCUT2D eigenvalue weighted by Crippen LogP contribution is 1.40. The first-order chi connectivity index (χ1) is 1.73. The van der Waals surface area contributed by atoms with Crippen molar-refractivity contribution >= 4 is 24.7 Å². The van der Waals surface area contributed by atoms with Crippen molar-refractivity contribution in [2.45, 2.75) is 0 Å². The lowest BCUT2D eigenvalue weighted by molar-refractivity contribution is 0.278. The third-order valence-corrected chi connectivity index (χ3v) is 0. The number of hydrogen-bond donors (Lipinski definition) is 3. The Morgan fingerprint density at radius 3 is 1.00 bits per heavy atom. The summed E-state index contributed by atoms with van der Waals surface area (Å²) >= 11 is 0. The highest BCUT2D eigenvalue weighted by Gasteiger charge is 1.92. The summed E-state index contributed by atoms with van der Waals surface area (Å²) in [5.41, 5.74) is 0. The van der Waals surface area contributed by atoms with Gasteiger partial charge < -0.3 is 15.1 Å². The fourth-order valence-corrected chi connectivity index (χ4v) is 0. The Balaban J connectivity index is 0. The van der Waals surface area contributed by atoms with Crippen molar-refractivity contribution < 1.29 is 15.1 Å². The Hall–Kier alpha value is 0.477. The van der Waals surface area contributed by atoms with Gasteiger partial charge in [0.25, 0.3) is 0 Å². The molecule has 0 saturated carbocycles. The van der Waals surface area contributed by atoms with Crippen molar-refractivity contribution in [1.29, 1.82) is 0 Å². The highest BCUT2D eigenvalue weighted by molar-refractivity contribution is 6.30. The van der Waals surface area contributed by atoms with Crippen molar-refractivity contribution in [2.24, 2.45) is 0 Å². The van der Waals surface area contributed by atoms with E-state index >= 15 is 0 Å². The third-order valence-electron chi connectivity index (χ3n) is 0. The van der Waals surface area contributed by atoms with Gasteiger partial charge in [-0.05, 0) is 0 Å². The summed E-state index contributed by atoms with van der Waals surface area (Å²) in [5, 5.41) is 21.5. The van der Waals surface area contributed by atoms with E-state index in [2.05, 4.69) is 0 Å². The van der Waals surface area contributed by atoms with E-state index in [0.717, 1.165) is 0 Å². The van der Waals surface area contributed by atoms with E-state index in [1.165, 1.54) is 0 Å². The second-order valence-electron chi connectivity index (χ2n) is 0.346. The normalized spacial score (nSPS) is 5.40. The molecule has 0 amide bonds. The molecule has 3 radical (unpaired) electrons. The van der Waals surface area contributed by atoms with Gasteiger partial charge in [0.2, 0.25) is 0 Å². The van der Waals surface area contributed by atoms with Crippen LogP contribution in [0.1, 0.15) is 0 Å². The number of hydrogen-bond acceptors (Lipinski definition) is 3. The summed E-state index contributed by atoms with van der Waals surface area (Å²) in [5.74, 6) is 0. The van der Waals surface area contributed by atoms with Crippen LogP contribution in [0, 0.1) is 0 Å². The maximum atomic E-state index is 7.17. The molecule has 0 aromatic rings. The van der Waals surface area contributed by atoms with Crippen LogP contribution >= 0.6 is 0 Å². The summed E-state index contributed by atoms with van der Waals surface area (Å²) in [7, 11) is -2.17. The summed E-state index contributed by atoms with van der Waals surface area (Å²) in [4.78, 5) is 0. The fourth-order valence-electron chi connectivity index (χ4n) is 0. The zero-order valence-electron chi connectivity index (χ0n) is 2.50. The lowest BCUT2D eigenvalue weighted by Gasteiger charge is -1.69. The summed E-state index contributed by atoms with van der Waals surface area (Å²) in [6.07, 6.45) is 0. The Morgan fingerprint density at radius 1 is 1.00 bits per heavy atom. The lowest BCUT2D eigenvalue weighted by atomic mass is 10.3. The van der Waals surface area contributed by atoms with Crippen LogP contribution in [0.3, 0.4) is 0 Å². The Labute approximate surface area is 40.6 Å². The van der Waals surface area contributed by atoms with E-state index < -0.39 is 7.32 Å². The van der Waals surface area contributed by atoms with Crippen LogP contribution in [0.4, 0.5) is 0 Å². The predicted molar refractivity (Wildman–Crippen MR) is 18.2 cm³/mol. The molecule has 0 bridgehead atoms. The van der Waals surface area contributed by atoms with Gasteiger partial charge >= 0.3 is 7.32 Å². The summed E-state index contributed by atoms with van der Waals surface area (Å²) < 4.78 is 0. The van der Waals surface area contributed by atoms with E-state index in [0.29, 0.717) is 0 Å². The first-order valence-corrected chi connectivity index (χ1v) is 0.775. The first-order valence-electron chi connectivity index (χ1n) is 0.775. The van der Waals surface area contributed by atoms with Crippen molar-refractivity contribution in [3.8, 4) is 0 Å². The molecule has 0 fully saturated rings.